The van der Waals surface area contributed by atoms with Gasteiger partial charge in [-0.15, -0.1) is 0 Å². The number of nitrogens with zero attached hydrogens (tertiary/aromatic N) is 3. The van der Waals surface area contributed by atoms with E-state index in [2.05, 4.69) is 4.98 Å². The van der Waals surface area contributed by atoms with Crippen LogP contribution in [-0.2, 0) is 13.5 Å². The first-order chi connectivity index (χ1) is 13.2. The van der Waals surface area contributed by atoms with E-state index in [4.69, 9.17) is 0 Å². The Morgan fingerprint density at radius 3 is 2.79 bits per heavy atom. The molecule has 3 rings (SSSR count). The van der Waals surface area contributed by atoms with Crippen LogP contribution < -0.4 is 0 Å². The van der Waals surface area contributed by atoms with Crippen LogP contribution in [0, 0.1) is 5.92 Å². The largest absolute Gasteiger partial charge is 0.390 e. The number of aromatic nitrogens is 2. The molecule has 150 valence electrons. The van der Waals surface area contributed by atoms with E-state index in [1.54, 1.807) is 35.7 Å². The lowest BCUT2D eigenvalue weighted by Gasteiger charge is -2.32. The van der Waals surface area contributed by atoms with E-state index in [1.807, 2.05) is 31.3 Å². The number of rotatable bonds is 6. The van der Waals surface area contributed by atoms with Gasteiger partial charge >= 0.3 is 0 Å². The number of ketones is 1. The number of aryl methyl sites for hydroxylation is 2. The quantitative estimate of drug-likeness (QED) is 0.779. The van der Waals surface area contributed by atoms with E-state index in [0.717, 1.165) is 18.4 Å². The number of likely N-dealkylation sites (tertiary alicyclic amines) is 1. The van der Waals surface area contributed by atoms with Crippen LogP contribution in [0.5, 0.6) is 0 Å². The summed E-state index contributed by atoms with van der Waals surface area (Å²) < 4.78 is 1.73. The van der Waals surface area contributed by atoms with Crippen LogP contribution in [0.4, 0.5) is 0 Å². The molecule has 0 radical (unpaired) electrons. The SMILES string of the molecule is Cn1ccnc1C(=O)C1CCCN(C(=O)c2cccc(CCC(C)(C)O)c2)C1. The van der Waals surface area contributed by atoms with E-state index in [-0.39, 0.29) is 17.6 Å². The average Bonchev–Trinajstić information content (AvgIpc) is 3.11. The molecule has 0 bridgehead atoms. The summed E-state index contributed by atoms with van der Waals surface area (Å²) in [6.45, 7) is 4.67. The van der Waals surface area contributed by atoms with Crippen LogP contribution in [0.3, 0.4) is 0 Å². The monoisotopic (exact) mass is 383 g/mol. The molecule has 6 heteroatoms. The number of piperidine rings is 1. The maximum absolute atomic E-state index is 13.0. The first kappa shape index (κ1) is 20.3. The highest BCUT2D eigenvalue weighted by molar-refractivity contribution is 5.97. The maximum Gasteiger partial charge on any atom is 0.253 e. The highest BCUT2D eigenvalue weighted by Gasteiger charge is 2.31. The zero-order chi connectivity index (χ0) is 20.3. The molecular weight excluding hydrogens is 354 g/mol. The van der Waals surface area contributed by atoms with E-state index < -0.39 is 5.60 Å². The number of carbonyl (C=O) groups is 2. The van der Waals surface area contributed by atoms with Crippen LogP contribution in [0.15, 0.2) is 36.7 Å². The third-order valence-electron chi connectivity index (χ3n) is 5.32. The van der Waals surface area contributed by atoms with Crippen molar-refractivity contribution in [3.63, 3.8) is 0 Å². The van der Waals surface area contributed by atoms with Gasteiger partial charge in [-0.2, -0.15) is 0 Å². The minimum atomic E-state index is -0.731. The molecule has 28 heavy (non-hydrogen) atoms. The summed E-state index contributed by atoms with van der Waals surface area (Å²) in [6.07, 6.45) is 6.32. The Hall–Kier alpha value is -2.47. The molecule has 1 amide bonds. The normalized spacial score (nSPS) is 17.6. The third kappa shape index (κ3) is 4.87. The first-order valence-corrected chi connectivity index (χ1v) is 9.87. The summed E-state index contributed by atoms with van der Waals surface area (Å²) in [4.78, 5) is 31.7. The van der Waals surface area contributed by atoms with Gasteiger partial charge in [-0.1, -0.05) is 12.1 Å². The minimum absolute atomic E-state index is 0.00364. The lowest BCUT2D eigenvalue weighted by Crippen LogP contribution is -2.42. The van der Waals surface area contributed by atoms with Crippen LogP contribution >= 0.6 is 0 Å². The molecule has 1 aromatic carbocycles. The molecule has 6 nitrogen and oxygen atoms in total. The highest BCUT2D eigenvalue weighted by Crippen LogP contribution is 2.22. The second-order valence-electron chi connectivity index (χ2n) is 8.33. The van der Waals surface area contributed by atoms with Crippen LogP contribution in [0.25, 0.3) is 0 Å². The zero-order valence-electron chi connectivity index (χ0n) is 16.9. The minimum Gasteiger partial charge on any atom is -0.390 e. The van der Waals surface area contributed by atoms with E-state index in [1.165, 1.54) is 0 Å². The summed E-state index contributed by atoms with van der Waals surface area (Å²) >= 11 is 0. The Morgan fingerprint density at radius 1 is 1.32 bits per heavy atom. The molecular formula is C22H29N3O3. The topological polar surface area (TPSA) is 75.4 Å². The van der Waals surface area contributed by atoms with Gasteiger partial charge in [0.2, 0.25) is 5.78 Å². The molecule has 1 unspecified atom stereocenters. The maximum atomic E-state index is 13.0. The Morgan fingerprint density at radius 2 is 2.11 bits per heavy atom. The molecule has 1 aromatic heterocycles. The van der Waals surface area contributed by atoms with Gasteiger partial charge in [-0.05, 0) is 57.2 Å². The van der Waals surface area contributed by atoms with Crippen molar-refractivity contribution >= 4 is 11.7 Å². The Labute approximate surface area is 166 Å². The fraction of sp³-hybridized carbons (Fsp3) is 0.500. The summed E-state index contributed by atoms with van der Waals surface area (Å²) in [6, 6.07) is 7.58. The summed E-state index contributed by atoms with van der Waals surface area (Å²) in [5.74, 6) is 0.205. The van der Waals surface area contributed by atoms with Crippen molar-refractivity contribution in [2.45, 2.75) is 45.1 Å². The van der Waals surface area contributed by atoms with E-state index in [0.29, 0.717) is 37.3 Å². The molecule has 0 spiro atoms. The molecule has 1 aliphatic heterocycles. The molecule has 1 fully saturated rings. The standard InChI is InChI=1S/C22H29N3O3/c1-22(2,28)10-9-16-6-4-7-17(14-16)21(27)25-12-5-8-18(15-25)19(26)20-23-11-13-24(20)3/h4,6-7,11,13-14,18,28H,5,8-10,12,15H2,1-3H3. The third-order valence-corrected chi connectivity index (χ3v) is 5.32. The van der Waals surface area contributed by atoms with E-state index in [9.17, 15) is 14.7 Å². The van der Waals surface area contributed by atoms with Gasteiger partial charge in [0.25, 0.3) is 5.91 Å². The fourth-order valence-corrected chi connectivity index (χ4v) is 3.65. The van der Waals surface area contributed by atoms with Crippen molar-refractivity contribution < 1.29 is 14.7 Å². The summed E-state index contributed by atoms with van der Waals surface area (Å²) in [5.41, 5.74) is 0.940. The van der Waals surface area contributed by atoms with Gasteiger partial charge in [0.1, 0.15) is 0 Å². The number of hydrogen-bond acceptors (Lipinski definition) is 4. The fourth-order valence-electron chi connectivity index (χ4n) is 3.65. The van der Waals surface area contributed by atoms with Gasteiger partial charge in [-0.3, -0.25) is 9.59 Å². The smallest absolute Gasteiger partial charge is 0.253 e. The van der Waals surface area contributed by atoms with Gasteiger partial charge in [0.05, 0.1) is 5.60 Å². The van der Waals surface area contributed by atoms with Crippen molar-refractivity contribution in [1.29, 1.82) is 0 Å². The zero-order valence-corrected chi connectivity index (χ0v) is 16.9. The van der Waals surface area contributed by atoms with Gasteiger partial charge < -0.3 is 14.6 Å². The molecule has 1 atom stereocenters. The van der Waals surface area contributed by atoms with Crippen LogP contribution in [-0.4, -0.2) is 49.9 Å². The summed E-state index contributed by atoms with van der Waals surface area (Å²) in [5, 5.41) is 9.93. The second-order valence-corrected chi connectivity index (χ2v) is 8.33. The van der Waals surface area contributed by atoms with Crippen molar-refractivity contribution in [1.82, 2.24) is 14.5 Å². The molecule has 1 aliphatic rings. The molecule has 2 heterocycles. The number of hydrogen-bond donors (Lipinski definition) is 1. The number of aliphatic hydroxyl groups is 1. The van der Waals surface area contributed by atoms with Crippen molar-refractivity contribution in [2.24, 2.45) is 13.0 Å². The van der Waals surface area contributed by atoms with E-state index >= 15 is 0 Å². The lowest BCUT2D eigenvalue weighted by atomic mass is 9.92. The van der Waals surface area contributed by atoms with Crippen LogP contribution in [0.1, 0.15) is 59.7 Å². The molecule has 2 aromatic rings. The number of imidazole rings is 1. The average molecular weight is 383 g/mol. The predicted molar refractivity (Wildman–Crippen MR) is 107 cm³/mol. The Kier molecular flexibility index (Phi) is 5.98. The lowest BCUT2D eigenvalue weighted by molar-refractivity contribution is 0.0632. The number of amides is 1. The van der Waals surface area contributed by atoms with Crippen molar-refractivity contribution in [3.05, 3.63) is 53.6 Å². The predicted octanol–water partition coefficient (Wildman–Crippen LogP) is 2.86. The summed E-state index contributed by atoms with van der Waals surface area (Å²) in [7, 11) is 1.81. The van der Waals surface area contributed by atoms with Crippen molar-refractivity contribution in [2.75, 3.05) is 13.1 Å². The van der Waals surface area contributed by atoms with Crippen LogP contribution in [0.2, 0.25) is 0 Å². The molecule has 0 aliphatic carbocycles. The number of benzene rings is 1. The molecule has 1 saturated heterocycles. The van der Waals surface area contributed by atoms with Gasteiger partial charge in [0, 0.05) is 44.0 Å². The second kappa shape index (κ2) is 8.27. The first-order valence-electron chi connectivity index (χ1n) is 9.87. The number of Topliss-reactive ketones (excluding diaryl/α,β-unsaturated/α-hetero) is 1. The molecule has 0 saturated carbocycles. The number of carbonyl (C=O) groups excluding carboxylic acids is 2. The van der Waals surface area contributed by atoms with Gasteiger partial charge in [0.15, 0.2) is 5.82 Å². The Balaban J connectivity index is 1.68. The Bertz CT molecular complexity index is 851. The highest BCUT2D eigenvalue weighted by atomic mass is 16.3. The van der Waals surface area contributed by atoms with Gasteiger partial charge in [-0.25, -0.2) is 4.98 Å². The molecule has 1 N–H and O–H groups in total. The van der Waals surface area contributed by atoms with Crippen molar-refractivity contribution in [3.8, 4) is 0 Å².